The maximum absolute atomic E-state index is 8.06. The molecule has 0 aromatic carbocycles. The first kappa shape index (κ1) is 23.7. The van der Waals surface area contributed by atoms with E-state index < -0.39 is 0 Å². The van der Waals surface area contributed by atoms with Gasteiger partial charge >= 0.3 is 32.7 Å². The minimum absolute atomic E-state index is 0. The fraction of sp³-hybridized carbons (Fsp3) is 1.00. The zero-order valence-corrected chi connectivity index (χ0v) is 12.5. The van der Waals surface area contributed by atoms with Crippen LogP contribution < -0.4 is 0 Å². The van der Waals surface area contributed by atoms with E-state index in [0.717, 1.165) is 0 Å². The van der Waals surface area contributed by atoms with E-state index in [1.165, 1.54) is 0 Å². The molecule has 78 valence electrons. The minimum atomic E-state index is -0.167. The number of aliphatic hydroxyl groups is 3. The monoisotopic (exact) mass is 269 g/mol. The summed E-state index contributed by atoms with van der Waals surface area (Å²) >= 11 is 0. The van der Waals surface area contributed by atoms with Crippen LogP contribution >= 0.6 is 0 Å². The molecule has 0 rings (SSSR count). The molecular weight excluding hydrogens is 245 g/mol. The van der Waals surface area contributed by atoms with Crippen molar-refractivity contribution in [2.75, 3.05) is 0 Å². The first-order chi connectivity index (χ1) is 5.20. The Bertz CT molecular complexity index is 43.4. The third kappa shape index (κ3) is 1620. The van der Waals surface area contributed by atoms with E-state index in [-0.39, 0.29) is 51.0 Å². The van der Waals surface area contributed by atoms with Crippen LogP contribution in [0.15, 0.2) is 0 Å². The molecule has 4 heteroatoms. The Labute approximate surface area is 107 Å². The first-order valence-electron chi connectivity index (χ1n) is 4.24. The van der Waals surface area contributed by atoms with Crippen molar-refractivity contribution in [2.45, 2.75) is 59.9 Å². The molecule has 0 unspecified atom stereocenters. The molecule has 0 saturated carbocycles. The van der Waals surface area contributed by atoms with Crippen molar-refractivity contribution in [3.05, 3.63) is 0 Å². The standard InChI is InChI=1S/3C3H8O.Y/c3*1-3(2)4;/h3*3-4H,1-2H3;/q;;;+3. The van der Waals surface area contributed by atoms with Gasteiger partial charge in [0.15, 0.2) is 0 Å². The van der Waals surface area contributed by atoms with Crippen LogP contribution in [-0.2, 0) is 32.7 Å². The molecule has 3 nitrogen and oxygen atoms in total. The fourth-order valence-corrected chi connectivity index (χ4v) is 0. The smallest absolute Gasteiger partial charge is 0.394 e. The summed E-state index contributed by atoms with van der Waals surface area (Å²) in [6, 6.07) is 0. The molecule has 0 aromatic rings. The van der Waals surface area contributed by atoms with Crippen molar-refractivity contribution in [3.63, 3.8) is 0 Å². The van der Waals surface area contributed by atoms with E-state index in [4.69, 9.17) is 15.3 Å². The second kappa shape index (κ2) is 18.7. The molecule has 0 atom stereocenters. The molecule has 0 heterocycles. The van der Waals surface area contributed by atoms with Gasteiger partial charge in [-0.2, -0.15) is 0 Å². The van der Waals surface area contributed by atoms with Crippen LogP contribution in [0.1, 0.15) is 41.5 Å². The SMILES string of the molecule is CC(C)O.CC(C)O.CC(C)O.[Y+3]. The second-order valence-electron chi connectivity index (χ2n) is 3.28. The molecule has 0 aliphatic rings. The number of rotatable bonds is 0. The summed E-state index contributed by atoms with van der Waals surface area (Å²) in [4.78, 5) is 0. The van der Waals surface area contributed by atoms with E-state index in [2.05, 4.69) is 0 Å². The van der Waals surface area contributed by atoms with E-state index in [0.29, 0.717) is 0 Å². The summed E-state index contributed by atoms with van der Waals surface area (Å²) < 4.78 is 0. The zero-order valence-electron chi connectivity index (χ0n) is 9.65. The van der Waals surface area contributed by atoms with Gasteiger partial charge in [-0.3, -0.25) is 0 Å². The van der Waals surface area contributed by atoms with Crippen molar-refractivity contribution in [3.8, 4) is 0 Å². The second-order valence-corrected chi connectivity index (χ2v) is 3.28. The average Bonchev–Trinajstić information content (AvgIpc) is 1.54. The first-order valence-corrected chi connectivity index (χ1v) is 4.24. The number of hydrogen-bond acceptors (Lipinski definition) is 3. The van der Waals surface area contributed by atoms with E-state index in [1.54, 1.807) is 41.5 Å². The summed E-state index contributed by atoms with van der Waals surface area (Å²) in [5.41, 5.74) is 0. The quantitative estimate of drug-likeness (QED) is 0.618. The summed E-state index contributed by atoms with van der Waals surface area (Å²) in [5, 5.41) is 24.2. The Kier molecular flexibility index (Phi) is 34.0. The molecule has 0 radical (unpaired) electrons. The van der Waals surface area contributed by atoms with Gasteiger partial charge in [0.05, 0.1) is 0 Å². The van der Waals surface area contributed by atoms with Crippen LogP contribution in [0.4, 0.5) is 0 Å². The van der Waals surface area contributed by atoms with Crippen LogP contribution in [0.25, 0.3) is 0 Å². The van der Waals surface area contributed by atoms with Crippen molar-refractivity contribution >= 4 is 0 Å². The maximum Gasteiger partial charge on any atom is 3.00 e. The van der Waals surface area contributed by atoms with Crippen LogP contribution in [-0.4, -0.2) is 33.6 Å². The predicted molar refractivity (Wildman–Crippen MR) is 52.1 cm³/mol. The van der Waals surface area contributed by atoms with Crippen molar-refractivity contribution in [1.82, 2.24) is 0 Å². The van der Waals surface area contributed by atoms with Gasteiger partial charge in [-0.05, 0) is 41.5 Å². The van der Waals surface area contributed by atoms with Gasteiger partial charge < -0.3 is 15.3 Å². The average molecular weight is 269 g/mol. The summed E-state index contributed by atoms with van der Waals surface area (Å²) in [5.74, 6) is 0. The van der Waals surface area contributed by atoms with Gasteiger partial charge in [0.25, 0.3) is 0 Å². The van der Waals surface area contributed by atoms with Crippen LogP contribution in [0, 0.1) is 0 Å². The third-order valence-electron chi connectivity index (χ3n) is 0. The van der Waals surface area contributed by atoms with Crippen molar-refractivity contribution in [2.24, 2.45) is 0 Å². The molecule has 3 N–H and O–H groups in total. The molecule has 0 fully saturated rings. The number of aliphatic hydroxyl groups excluding tert-OH is 3. The Morgan fingerprint density at radius 1 is 0.538 bits per heavy atom. The maximum atomic E-state index is 8.06. The van der Waals surface area contributed by atoms with E-state index in [1.807, 2.05) is 0 Å². The molecule has 0 amide bonds. The zero-order chi connectivity index (χ0) is 10.7. The summed E-state index contributed by atoms with van der Waals surface area (Å²) in [6.07, 6.45) is -0.500. The Morgan fingerprint density at radius 3 is 0.538 bits per heavy atom. The van der Waals surface area contributed by atoms with Gasteiger partial charge in [-0.1, -0.05) is 0 Å². The van der Waals surface area contributed by atoms with Gasteiger partial charge in [-0.15, -0.1) is 0 Å². The fourth-order valence-electron chi connectivity index (χ4n) is 0. The molecule has 13 heavy (non-hydrogen) atoms. The Morgan fingerprint density at radius 2 is 0.538 bits per heavy atom. The number of hydrogen-bond donors (Lipinski definition) is 3. The largest absolute Gasteiger partial charge is 3.00 e. The minimum Gasteiger partial charge on any atom is -0.394 e. The summed E-state index contributed by atoms with van der Waals surface area (Å²) in [6.45, 7) is 10.3. The third-order valence-corrected chi connectivity index (χ3v) is 0. The molecule has 0 bridgehead atoms. The normalized spacial score (nSPS) is 8.31. The van der Waals surface area contributed by atoms with Gasteiger partial charge in [0, 0.05) is 18.3 Å². The Hall–Kier alpha value is 0.984. The van der Waals surface area contributed by atoms with E-state index >= 15 is 0 Å². The van der Waals surface area contributed by atoms with Crippen LogP contribution in [0.2, 0.25) is 0 Å². The van der Waals surface area contributed by atoms with Crippen LogP contribution in [0.5, 0.6) is 0 Å². The van der Waals surface area contributed by atoms with E-state index in [9.17, 15) is 0 Å². The molecule has 0 spiro atoms. The van der Waals surface area contributed by atoms with Gasteiger partial charge in [0.2, 0.25) is 0 Å². The Balaban J connectivity index is -0.0000000450. The van der Waals surface area contributed by atoms with Crippen molar-refractivity contribution < 1.29 is 48.0 Å². The summed E-state index contributed by atoms with van der Waals surface area (Å²) in [7, 11) is 0. The topological polar surface area (TPSA) is 60.7 Å². The van der Waals surface area contributed by atoms with Gasteiger partial charge in [-0.25, -0.2) is 0 Å². The molecular formula is C9H24O3Y+3. The molecule has 0 saturated heterocycles. The molecule has 0 aliphatic heterocycles. The van der Waals surface area contributed by atoms with Crippen LogP contribution in [0.3, 0.4) is 0 Å². The molecule has 0 aliphatic carbocycles. The van der Waals surface area contributed by atoms with Gasteiger partial charge in [0.1, 0.15) is 0 Å². The predicted octanol–water partition coefficient (Wildman–Crippen LogP) is 1.16. The van der Waals surface area contributed by atoms with Crippen molar-refractivity contribution in [1.29, 1.82) is 0 Å². The molecule has 0 aromatic heterocycles.